The SMILES string of the molecule is COC1(C)CCN(c2c(C#N)c(=O)[nH]c3ccc(C(C)O)cc23)CC1. The number of aliphatic hydroxyl groups is 1. The number of methoxy groups -OCH3 is 1. The number of nitrogens with one attached hydrogen (secondary N) is 1. The molecule has 2 heterocycles. The molecule has 0 spiro atoms. The van der Waals surface area contributed by atoms with Crippen molar-refractivity contribution in [3.8, 4) is 6.07 Å². The Morgan fingerprint density at radius 3 is 2.64 bits per heavy atom. The summed E-state index contributed by atoms with van der Waals surface area (Å²) in [5.74, 6) is 0. The fraction of sp³-hybridized carbons (Fsp3) is 0.474. The summed E-state index contributed by atoms with van der Waals surface area (Å²) < 4.78 is 5.59. The lowest BCUT2D eigenvalue weighted by Gasteiger charge is -2.40. The summed E-state index contributed by atoms with van der Waals surface area (Å²) in [4.78, 5) is 17.2. The van der Waals surface area contributed by atoms with E-state index in [2.05, 4.69) is 22.9 Å². The topological polar surface area (TPSA) is 89.4 Å². The van der Waals surface area contributed by atoms with Crippen LogP contribution in [0.5, 0.6) is 0 Å². The number of hydrogen-bond donors (Lipinski definition) is 2. The maximum Gasteiger partial charge on any atom is 0.268 e. The van der Waals surface area contributed by atoms with E-state index in [4.69, 9.17) is 4.74 Å². The van der Waals surface area contributed by atoms with Crippen LogP contribution in [0.4, 0.5) is 5.69 Å². The number of nitriles is 1. The number of aliphatic hydroxyl groups excluding tert-OH is 1. The minimum atomic E-state index is -0.618. The third-order valence-electron chi connectivity index (χ3n) is 5.24. The van der Waals surface area contributed by atoms with Gasteiger partial charge in [-0.05, 0) is 44.4 Å². The average Bonchev–Trinajstić information content (AvgIpc) is 2.61. The van der Waals surface area contributed by atoms with Crippen LogP contribution in [-0.4, -0.2) is 35.9 Å². The second-order valence-electron chi connectivity index (χ2n) is 6.91. The zero-order chi connectivity index (χ0) is 18.2. The molecule has 1 atom stereocenters. The normalized spacial score (nSPS) is 18.1. The van der Waals surface area contributed by atoms with E-state index in [9.17, 15) is 15.2 Å². The first-order valence-electron chi connectivity index (χ1n) is 8.47. The molecule has 2 N–H and O–H groups in total. The van der Waals surface area contributed by atoms with Gasteiger partial charge in [0.25, 0.3) is 5.56 Å². The number of aromatic nitrogens is 1. The number of ether oxygens (including phenoxy) is 1. The van der Waals surface area contributed by atoms with E-state index in [-0.39, 0.29) is 16.7 Å². The molecule has 6 nitrogen and oxygen atoms in total. The number of rotatable bonds is 3. The van der Waals surface area contributed by atoms with Crippen molar-refractivity contribution in [2.24, 2.45) is 0 Å². The molecule has 0 aliphatic carbocycles. The molecule has 1 saturated heterocycles. The molecule has 0 saturated carbocycles. The van der Waals surface area contributed by atoms with E-state index < -0.39 is 6.10 Å². The molecule has 0 amide bonds. The Morgan fingerprint density at radius 2 is 2.08 bits per heavy atom. The van der Waals surface area contributed by atoms with Gasteiger partial charge in [0.1, 0.15) is 11.6 Å². The minimum Gasteiger partial charge on any atom is -0.389 e. The minimum absolute atomic E-state index is 0.122. The molecule has 1 fully saturated rings. The van der Waals surface area contributed by atoms with Gasteiger partial charge in [0, 0.05) is 25.6 Å². The molecular formula is C19H23N3O3. The molecule has 6 heteroatoms. The Balaban J connectivity index is 2.16. The van der Waals surface area contributed by atoms with Crippen molar-refractivity contribution < 1.29 is 9.84 Å². The summed E-state index contributed by atoms with van der Waals surface area (Å²) in [5, 5.41) is 20.2. The van der Waals surface area contributed by atoms with Crippen LogP contribution in [0.15, 0.2) is 23.0 Å². The first-order chi connectivity index (χ1) is 11.9. The fourth-order valence-electron chi connectivity index (χ4n) is 3.39. The van der Waals surface area contributed by atoms with Gasteiger partial charge in [0.15, 0.2) is 0 Å². The van der Waals surface area contributed by atoms with E-state index >= 15 is 0 Å². The fourth-order valence-corrected chi connectivity index (χ4v) is 3.39. The van der Waals surface area contributed by atoms with Crippen molar-refractivity contribution >= 4 is 16.6 Å². The molecule has 1 aromatic heterocycles. The van der Waals surface area contributed by atoms with E-state index in [0.717, 1.165) is 23.8 Å². The van der Waals surface area contributed by atoms with Gasteiger partial charge in [0.2, 0.25) is 0 Å². The number of nitrogens with zero attached hydrogens (tertiary/aromatic N) is 2. The van der Waals surface area contributed by atoms with Crippen molar-refractivity contribution in [3.05, 3.63) is 39.7 Å². The second kappa shape index (κ2) is 6.51. The predicted molar refractivity (Wildman–Crippen MR) is 96.8 cm³/mol. The van der Waals surface area contributed by atoms with Crippen LogP contribution in [0.1, 0.15) is 43.9 Å². The van der Waals surface area contributed by atoms with E-state index in [1.165, 1.54) is 0 Å². The number of anilines is 1. The Bertz CT molecular complexity index is 887. The third kappa shape index (κ3) is 3.13. The van der Waals surface area contributed by atoms with Crippen LogP contribution in [0, 0.1) is 11.3 Å². The van der Waals surface area contributed by atoms with Crippen molar-refractivity contribution in [1.82, 2.24) is 4.98 Å². The highest BCUT2D eigenvalue weighted by atomic mass is 16.5. The Kier molecular flexibility index (Phi) is 4.55. The summed E-state index contributed by atoms with van der Waals surface area (Å²) in [6.07, 6.45) is 1.02. The van der Waals surface area contributed by atoms with Crippen molar-refractivity contribution in [1.29, 1.82) is 5.26 Å². The third-order valence-corrected chi connectivity index (χ3v) is 5.24. The first kappa shape index (κ1) is 17.5. The molecule has 0 bridgehead atoms. The van der Waals surface area contributed by atoms with Gasteiger partial charge in [-0.1, -0.05) is 6.07 Å². The number of aromatic amines is 1. The van der Waals surface area contributed by atoms with Gasteiger partial charge >= 0.3 is 0 Å². The molecular weight excluding hydrogens is 318 g/mol. The van der Waals surface area contributed by atoms with Crippen LogP contribution >= 0.6 is 0 Å². The maximum atomic E-state index is 12.4. The van der Waals surface area contributed by atoms with Gasteiger partial charge in [-0.3, -0.25) is 4.79 Å². The van der Waals surface area contributed by atoms with E-state index in [1.807, 2.05) is 6.07 Å². The van der Waals surface area contributed by atoms with Gasteiger partial charge in [-0.25, -0.2) is 0 Å². The molecule has 1 unspecified atom stereocenters. The number of fused-ring (bicyclic) bond motifs is 1. The van der Waals surface area contributed by atoms with E-state index in [1.54, 1.807) is 26.2 Å². The lowest BCUT2D eigenvalue weighted by Crippen LogP contribution is -2.44. The van der Waals surface area contributed by atoms with Crippen molar-refractivity contribution in [3.63, 3.8) is 0 Å². The first-order valence-corrected chi connectivity index (χ1v) is 8.47. The average molecular weight is 341 g/mol. The van der Waals surface area contributed by atoms with Gasteiger partial charge in [0.05, 0.1) is 22.9 Å². The summed E-state index contributed by atoms with van der Waals surface area (Å²) >= 11 is 0. The molecule has 3 rings (SSSR count). The Hall–Kier alpha value is -2.36. The number of pyridine rings is 1. The van der Waals surface area contributed by atoms with Crippen LogP contribution in [0.3, 0.4) is 0 Å². The molecule has 0 radical (unpaired) electrons. The number of hydrogen-bond acceptors (Lipinski definition) is 5. The summed E-state index contributed by atoms with van der Waals surface area (Å²) in [7, 11) is 1.72. The van der Waals surface area contributed by atoms with Crippen LogP contribution in [0.25, 0.3) is 10.9 Å². The zero-order valence-electron chi connectivity index (χ0n) is 14.8. The van der Waals surface area contributed by atoms with Crippen LogP contribution in [-0.2, 0) is 4.74 Å². The zero-order valence-corrected chi connectivity index (χ0v) is 14.8. The maximum absolute atomic E-state index is 12.4. The molecule has 25 heavy (non-hydrogen) atoms. The smallest absolute Gasteiger partial charge is 0.268 e. The quantitative estimate of drug-likeness (QED) is 0.895. The standard InChI is InChI=1S/C19H23N3O3/c1-12(23)13-4-5-16-14(10-13)17(15(11-20)18(24)21-16)22-8-6-19(2,25-3)7-9-22/h4-5,10,12,23H,6-9H2,1-3H3,(H,21,24). The highest BCUT2D eigenvalue weighted by Gasteiger charge is 2.31. The second-order valence-corrected chi connectivity index (χ2v) is 6.91. The number of H-pyrrole nitrogens is 1. The summed E-state index contributed by atoms with van der Waals surface area (Å²) in [5.41, 5.74) is 1.64. The monoisotopic (exact) mass is 341 g/mol. The predicted octanol–water partition coefficient (Wildman–Crippen LogP) is 2.46. The molecule has 132 valence electrons. The molecule has 1 aliphatic heterocycles. The van der Waals surface area contributed by atoms with E-state index in [0.29, 0.717) is 24.3 Å². The number of piperidine rings is 1. The Morgan fingerprint density at radius 1 is 1.40 bits per heavy atom. The summed E-state index contributed by atoms with van der Waals surface area (Å²) in [6, 6.07) is 7.49. The van der Waals surface area contributed by atoms with Gasteiger partial charge < -0.3 is 19.7 Å². The Labute approximate surface area is 146 Å². The molecule has 1 aromatic carbocycles. The lowest BCUT2D eigenvalue weighted by atomic mass is 9.92. The summed E-state index contributed by atoms with van der Waals surface area (Å²) in [6.45, 7) is 5.19. The highest BCUT2D eigenvalue weighted by molar-refractivity contribution is 5.95. The highest BCUT2D eigenvalue weighted by Crippen LogP contribution is 2.34. The van der Waals surface area contributed by atoms with Crippen LogP contribution in [0.2, 0.25) is 0 Å². The largest absolute Gasteiger partial charge is 0.389 e. The number of benzene rings is 1. The van der Waals surface area contributed by atoms with Gasteiger partial charge in [-0.15, -0.1) is 0 Å². The van der Waals surface area contributed by atoms with Gasteiger partial charge in [-0.2, -0.15) is 5.26 Å². The lowest BCUT2D eigenvalue weighted by molar-refractivity contribution is -0.0132. The van der Waals surface area contributed by atoms with Crippen molar-refractivity contribution in [2.45, 2.75) is 38.4 Å². The molecule has 2 aromatic rings. The van der Waals surface area contributed by atoms with Crippen molar-refractivity contribution in [2.75, 3.05) is 25.1 Å². The van der Waals surface area contributed by atoms with Crippen LogP contribution < -0.4 is 10.5 Å². The molecule has 1 aliphatic rings.